The number of nitrogens with one attached hydrogen (secondary N) is 1. The number of carbonyl (C=O) groups excluding carboxylic acids is 1. The van der Waals surface area contributed by atoms with Crippen molar-refractivity contribution in [3.05, 3.63) is 29.3 Å². The van der Waals surface area contributed by atoms with E-state index in [0.717, 1.165) is 10.6 Å². The van der Waals surface area contributed by atoms with Crippen molar-refractivity contribution in [1.82, 2.24) is 5.32 Å². The average molecular weight is 349 g/mol. The Balaban J connectivity index is 3.08. The lowest BCUT2D eigenvalue weighted by Gasteiger charge is -2.30. The number of sulfonamides is 1. The Morgan fingerprint density at radius 3 is 2.41 bits per heavy atom. The van der Waals surface area contributed by atoms with Crippen LogP contribution in [0.5, 0.6) is 0 Å². The number of ether oxygens (including phenoxy) is 1. The average Bonchev–Trinajstić information content (AvgIpc) is 2.44. The van der Waals surface area contributed by atoms with Crippen LogP contribution in [-0.4, -0.2) is 46.9 Å². The molecule has 0 aliphatic carbocycles. The number of anilines is 1. The Bertz CT molecular complexity index is 589. The van der Waals surface area contributed by atoms with Gasteiger partial charge in [-0.15, -0.1) is 0 Å². The summed E-state index contributed by atoms with van der Waals surface area (Å²) in [6.45, 7) is 2.45. The van der Waals surface area contributed by atoms with Crippen LogP contribution in [0.1, 0.15) is 13.3 Å². The fraction of sp³-hybridized carbons (Fsp3) is 0.500. The maximum Gasteiger partial charge on any atom is 0.243 e. The van der Waals surface area contributed by atoms with Crippen LogP contribution in [0.2, 0.25) is 5.02 Å². The van der Waals surface area contributed by atoms with E-state index in [1.807, 2.05) is 0 Å². The first kappa shape index (κ1) is 18.7. The second-order valence-electron chi connectivity index (χ2n) is 4.74. The lowest BCUT2D eigenvalue weighted by molar-refractivity contribution is -0.122. The predicted octanol–water partition coefficient (Wildman–Crippen LogP) is 1.65. The Labute approximate surface area is 136 Å². The lowest BCUT2D eigenvalue weighted by Crippen LogP contribution is -2.49. The van der Waals surface area contributed by atoms with Gasteiger partial charge in [0.15, 0.2) is 0 Å². The SMILES string of the molecule is CC[C@H](C(=O)NCCOC)N(c1ccc(Cl)cc1)S(C)(=O)=O. The molecule has 0 saturated heterocycles. The number of rotatable bonds is 8. The highest BCUT2D eigenvalue weighted by atomic mass is 35.5. The van der Waals surface area contributed by atoms with Gasteiger partial charge in [-0.2, -0.15) is 0 Å². The summed E-state index contributed by atoms with van der Waals surface area (Å²) in [5.74, 6) is -0.361. The van der Waals surface area contributed by atoms with Crippen molar-refractivity contribution >= 4 is 33.2 Å². The first-order valence-corrected chi connectivity index (χ1v) is 9.05. The molecule has 0 bridgehead atoms. The summed E-state index contributed by atoms with van der Waals surface area (Å²) in [6.07, 6.45) is 1.42. The van der Waals surface area contributed by atoms with E-state index in [2.05, 4.69) is 5.32 Å². The minimum Gasteiger partial charge on any atom is -0.383 e. The summed E-state index contributed by atoms with van der Waals surface area (Å²) in [4.78, 5) is 12.3. The molecule has 1 atom stereocenters. The summed E-state index contributed by atoms with van der Waals surface area (Å²) < 4.78 is 30.3. The minimum atomic E-state index is -3.62. The van der Waals surface area contributed by atoms with Crippen LogP contribution in [0.4, 0.5) is 5.69 Å². The molecule has 22 heavy (non-hydrogen) atoms. The highest BCUT2D eigenvalue weighted by Gasteiger charge is 2.31. The molecule has 124 valence electrons. The van der Waals surface area contributed by atoms with E-state index in [0.29, 0.717) is 30.3 Å². The number of carbonyl (C=O) groups is 1. The second-order valence-corrected chi connectivity index (χ2v) is 7.04. The number of methoxy groups -OCH3 is 1. The van der Waals surface area contributed by atoms with Crippen molar-refractivity contribution < 1.29 is 17.9 Å². The summed E-state index contributed by atoms with van der Waals surface area (Å²) in [6, 6.07) is 5.51. The zero-order valence-corrected chi connectivity index (χ0v) is 14.4. The van der Waals surface area contributed by atoms with Crippen LogP contribution in [0.3, 0.4) is 0 Å². The van der Waals surface area contributed by atoms with Gasteiger partial charge in [0.25, 0.3) is 0 Å². The van der Waals surface area contributed by atoms with Gasteiger partial charge in [-0.05, 0) is 30.7 Å². The van der Waals surface area contributed by atoms with Crippen LogP contribution >= 0.6 is 11.6 Å². The van der Waals surface area contributed by atoms with Crippen molar-refractivity contribution in [3.63, 3.8) is 0 Å². The molecule has 1 amide bonds. The smallest absolute Gasteiger partial charge is 0.243 e. The molecular weight excluding hydrogens is 328 g/mol. The molecule has 8 heteroatoms. The van der Waals surface area contributed by atoms with Crippen molar-refractivity contribution in [3.8, 4) is 0 Å². The molecule has 0 spiro atoms. The van der Waals surface area contributed by atoms with Crippen LogP contribution in [-0.2, 0) is 19.6 Å². The fourth-order valence-electron chi connectivity index (χ4n) is 2.04. The Kier molecular flexibility index (Phi) is 7.12. The molecule has 0 heterocycles. The third kappa shape index (κ3) is 5.15. The van der Waals surface area contributed by atoms with Gasteiger partial charge in [-0.25, -0.2) is 8.42 Å². The maximum absolute atomic E-state index is 12.3. The van der Waals surface area contributed by atoms with Gasteiger partial charge in [0.1, 0.15) is 6.04 Å². The molecular formula is C14H21ClN2O4S. The minimum absolute atomic E-state index is 0.323. The monoisotopic (exact) mass is 348 g/mol. The fourth-order valence-corrected chi connectivity index (χ4v) is 3.38. The third-order valence-electron chi connectivity index (χ3n) is 3.02. The highest BCUT2D eigenvalue weighted by molar-refractivity contribution is 7.92. The van der Waals surface area contributed by atoms with Crippen molar-refractivity contribution in [2.45, 2.75) is 19.4 Å². The molecule has 0 unspecified atom stereocenters. The molecule has 1 aromatic carbocycles. The topological polar surface area (TPSA) is 75.7 Å². The molecule has 6 nitrogen and oxygen atoms in total. The Morgan fingerprint density at radius 2 is 1.95 bits per heavy atom. The van der Waals surface area contributed by atoms with Crippen molar-refractivity contribution in [2.75, 3.05) is 30.8 Å². The second kappa shape index (κ2) is 8.36. The maximum atomic E-state index is 12.3. The van der Waals surface area contributed by atoms with E-state index in [1.54, 1.807) is 31.2 Å². The molecule has 0 fully saturated rings. The van der Waals surface area contributed by atoms with Crippen LogP contribution in [0.15, 0.2) is 24.3 Å². The number of hydrogen-bond acceptors (Lipinski definition) is 4. The molecule has 1 rings (SSSR count). The Hall–Kier alpha value is -1.31. The standard InChI is InChI=1S/C14H21ClN2O4S/c1-4-13(14(18)16-9-10-21-2)17(22(3,19)20)12-7-5-11(15)6-8-12/h5-8,13H,4,9-10H2,1-3H3,(H,16,18)/t13-/m1/s1. The van der Waals surface area contributed by atoms with E-state index in [4.69, 9.17) is 16.3 Å². The molecule has 0 saturated carbocycles. The van der Waals surface area contributed by atoms with Gasteiger partial charge in [0.2, 0.25) is 15.9 Å². The van der Waals surface area contributed by atoms with Gasteiger partial charge in [-0.1, -0.05) is 18.5 Å². The predicted molar refractivity (Wildman–Crippen MR) is 87.7 cm³/mol. The molecule has 1 aromatic rings. The first-order chi connectivity index (χ1) is 10.3. The summed E-state index contributed by atoms with van der Waals surface area (Å²) in [5, 5.41) is 3.17. The quantitative estimate of drug-likeness (QED) is 0.725. The van der Waals surface area contributed by atoms with Crippen LogP contribution in [0, 0.1) is 0 Å². The summed E-state index contributed by atoms with van der Waals surface area (Å²) in [7, 11) is -2.09. The van der Waals surface area contributed by atoms with E-state index in [1.165, 1.54) is 7.11 Å². The Morgan fingerprint density at radius 1 is 1.36 bits per heavy atom. The van der Waals surface area contributed by atoms with Crippen LogP contribution < -0.4 is 9.62 Å². The van der Waals surface area contributed by atoms with Crippen molar-refractivity contribution in [2.24, 2.45) is 0 Å². The van der Waals surface area contributed by atoms with Crippen molar-refractivity contribution in [1.29, 1.82) is 0 Å². The number of amides is 1. The number of hydrogen-bond donors (Lipinski definition) is 1. The van der Waals surface area contributed by atoms with E-state index in [-0.39, 0.29) is 5.91 Å². The zero-order valence-electron chi connectivity index (χ0n) is 12.9. The van der Waals surface area contributed by atoms with E-state index >= 15 is 0 Å². The van der Waals surface area contributed by atoms with E-state index < -0.39 is 16.1 Å². The number of benzene rings is 1. The van der Waals surface area contributed by atoms with Crippen LogP contribution in [0.25, 0.3) is 0 Å². The number of halogens is 1. The summed E-state index contributed by atoms with van der Waals surface area (Å²) >= 11 is 5.83. The molecule has 0 aliphatic rings. The molecule has 1 N–H and O–H groups in total. The molecule has 0 aliphatic heterocycles. The van der Waals surface area contributed by atoms with Gasteiger partial charge >= 0.3 is 0 Å². The molecule has 0 radical (unpaired) electrons. The van der Waals surface area contributed by atoms with Gasteiger partial charge < -0.3 is 10.1 Å². The van der Waals surface area contributed by atoms with Gasteiger partial charge in [-0.3, -0.25) is 9.10 Å². The lowest BCUT2D eigenvalue weighted by atomic mass is 10.2. The van der Waals surface area contributed by atoms with E-state index in [9.17, 15) is 13.2 Å². The summed E-state index contributed by atoms with van der Waals surface area (Å²) in [5.41, 5.74) is 0.403. The normalized spacial score (nSPS) is 12.7. The van der Waals surface area contributed by atoms with Gasteiger partial charge in [0.05, 0.1) is 18.6 Å². The molecule has 0 aromatic heterocycles. The largest absolute Gasteiger partial charge is 0.383 e. The zero-order chi connectivity index (χ0) is 16.8. The highest BCUT2D eigenvalue weighted by Crippen LogP contribution is 2.24. The first-order valence-electron chi connectivity index (χ1n) is 6.82. The van der Waals surface area contributed by atoms with Gasteiger partial charge in [0, 0.05) is 18.7 Å². The number of nitrogens with zero attached hydrogens (tertiary/aromatic N) is 1. The third-order valence-corrected chi connectivity index (χ3v) is 4.45.